The third-order valence-electron chi connectivity index (χ3n) is 4.85. The van der Waals surface area contributed by atoms with Crippen molar-refractivity contribution in [2.24, 2.45) is 17.6 Å². The first-order valence-electron chi connectivity index (χ1n) is 7.48. The van der Waals surface area contributed by atoms with E-state index in [1.807, 2.05) is 0 Å². The molecule has 2 fully saturated rings. The number of benzene rings is 1. The van der Waals surface area contributed by atoms with Crippen molar-refractivity contribution < 1.29 is 17.9 Å². The van der Waals surface area contributed by atoms with Gasteiger partial charge < -0.3 is 10.5 Å². The molecule has 1 saturated heterocycles. The molecule has 6 nitrogen and oxygen atoms in total. The SMILES string of the molecule is COC(=O)c1ccc(Cl)cc1S(=O)(=O)N1CC2CCC(N)C2C1.Cl. The minimum absolute atomic E-state index is 0. The molecule has 1 aliphatic carbocycles. The Kier molecular flexibility index (Phi) is 5.82. The Morgan fingerprint density at radius 1 is 1.33 bits per heavy atom. The lowest BCUT2D eigenvalue weighted by Gasteiger charge is -2.20. The molecular weight excluding hydrogens is 375 g/mol. The highest BCUT2D eigenvalue weighted by Crippen LogP contribution is 2.39. The average molecular weight is 395 g/mol. The van der Waals surface area contributed by atoms with Gasteiger partial charge in [-0.3, -0.25) is 0 Å². The van der Waals surface area contributed by atoms with Crippen LogP contribution in [0.5, 0.6) is 0 Å². The summed E-state index contributed by atoms with van der Waals surface area (Å²) in [5, 5.41) is 0.257. The van der Waals surface area contributed by atoms with E-state index in [0.717, 1.165) is 12.8 Å². The molecule has 9 heteroatoms. The summed E-state index contributed by atoms with van der Waals surface area (Å²) in [5.74, 6) is -0.220. The van der Waals surface area contributed by atoms with E-state index in [2.05, 4.69) is 4.74 Å². The fourth-order valence-electron chi connectivity index (χ4n) is 3.59. The van der Waals surface area contributed by atoms with Crippen LogP contribution in [0.3, 0.4) is 0 Å². The smallest absolute Gasteiger partial charge is 0.339 e. The largest absolute Gasteiger partial charge is 0.465 e. The van der Waals surface area contributed by atoms with Crippen LogP contribution in [0.15, 0.2) is 23.1 Å². The summed E-state index contributed by atoms with van der Waals surface area (Å²) in [6.07, 6.45) is 1.88. The van der Waals surface area contributed by atoms with Gasteiger partial charge in [0, 0.05) is 24.2 Å². The molecule has 1 saturated carbocycles. The number of halogens is 2. The number of hydrogen-bond donors (Lipinski definition) is 1. The van der Waals surface area contributed by atoms with E-state index in [1.165, 1.54) is 29.6 Å². The van der Waals surface area contributed by atoms with Crippen molar-refractivity contribution in [3.05, 3.63) is 28.8 Å². The number of rotatable bonds is 3. The zero-order chi connectivity index (χ0) is 16.8. The van der Waals surface area contributed by atoms with Crippen LogP contribution >= 0.6 is 24.0 Å². The van der Waals surface area contributed by atoms with Crippen LogP contribution in [0.4, 0.5) is 0 Å². The number of carbonyl (C=O) groups is 1. The number of hydrogen-bond acceptors (Lipinski definition) is 5. The van der Waals surface area contributed by atoms with Gasteiger partial charge in [-0.25, -0.2) is 13.2 Å². The number of carbonyl (C=O) groups excluding carboxylic acids is 1. The predicted octanol–water partition coefficient (Wildman–Crippen LogP) is 1.91. The zero-order valence-corrected chi connectivity index (χ0v) is 15.5. The Labute approximate surface area is 152 Å². The zero-order valence-electron chi connectivity index (χ0n) is 13.1. The Morgan fingerprint density at radius 2 is 2.04 bits per heavy atom. The number of sulfonamides is 1. The maximum Gasteiger partial charge on any atom is 0.339 e. The molecule has 0 bridgehead atoms. The number of nitrogens with two attached hydrogens (primary N) is 1. The van der Waals surface area contributed by atoms with Crippen molar-refractivity contribution in [3.8, 4) is 0 Å². The van der Waals surface area contributed by atoms with Gasteiger partial charge in [0.2, 0.25) is 10.0 Å². The summed E-state index contributed by atoms with van der Waals surface area (Å²) < 4.78 is 32.1. The van der Waals surface area contributed by atoms with Gasteiger partial charge in [0.15, 0.2) is 0 Å². The summed E-state index contributed by atoms with van der Waals surface area (Å²) in [5.41, 5.74) is 6.07. The molecule has 24 heavy (non-hydrogen) atoms. The summed E-state index contributed by atoms with van der Waals surface area (Å²) in [7, 11) is -2.61. The molecule has 2 aliphatic rings. The summed E-state index contributed by atoms with van der Waals surface area (Å²) in [6.45, 7) is 0.828. The highest BCUT2D eigenvalue weighted by molar-refractivity contribution is 7.89. The van der Waals surface area contributed by atoms with E-state index < -0.39 is 16.0 Å². The normalized spacial score (nSPS) is 26.7. The standard InChI is InChI=1S/C15H19ClN2O4S.ClH/c1-22-15(19)11-4-3-10(16)6-14(11)23(20,21)18-7-9-2-5-13(17)12(9)8-18;/h3-4,6,9,12-13H,2,5,7-8,17H2,1H3;1H. The van der Waals surface area contributed by atoms with Crippen molar-refractivity contribution in [1.82, 2.24) is 4.31 Å². The second-order valence-electron chi connectivity index (χ2n) is 6.12. The minimum atomic E-state index is -3.82. The molecule has 0 aromatic heterocycles. The number of nitrogens with zero attached hydrogens (tertiary/aromatic N) is 1. The molecular formula is C15H20Cl2N2O4S. The Morgan fingerprint density at radius 3 is 2.67 bits per heavy atom. The van der Waals surface area contributed by atoms with Gasteiger partial charge in [0.25, 0.3) is 0 Å². The van der Waals surface area contributed by atoms with Crippen molar-refractivity contribution in [2.45, 2.75) is 23.8 Å². The third kappa shape index (κ3) is 3.28. The topological polar surface area (TPSA) is 89.7 Å². The molecule has 1 aromatic carbocycles. The summed E-state index contributed by atoms with van der Waals surface area (Å²) in [4.78, 5) is 11.8. The molecule has 0 amide bonds. The lowest BCUT2D eigenvalue weighted by Crippen LogP contribution is -2.34. The molecule has 3 atom stereocenters. The van der Waals surface area contributed by atoms with Crippen LogP contribution in [0.1, 0.15) is 23.2 Å². The van der Waals surface area contributed by atoms with Gasteiger partial charge >= 0.3 is 5.97 Å². The van der Waals surface area contributed by atoms with Gasteiger partial charge in [-0.05, 0) is 42.9 Å². The lowest BCUT2D eigenvalue weighted by molar-refractivity contribution is 0.0596. The first-order valence-corrected chi connectivity index (χ1v) is 9.30. The van der Waals surface area contributed by atoms with Crippen LogP contribution in [0.2, 0.25) is 5.02 Å². The molecule has 0 spiro atoms. The van der Waals surface area contributed by atoms with Crippen LogP contribution in [0, 0.1) is 11.8 Å². The lowest BCUT2D eigenvalue weighted by atomic mass is 9.98. The predicted molar refractivity (Wildman–Crippen MR) is 93.0 cm³/mol. The molecule has 1 aromatic rings. The van der Waals surface area contributed by atoms with Gasteiger partial charge in [-0.2, -0.15) is 4.31 Å². The second kappa shape index (κ2) is 7.17. The van der Waals surface area contributed by atoms with Gasteiger partial charge in [0.1, 0.15) is 0 Å². The number of esters is 1. The fourth-order valence-corrected chi connectivity index (χ4v) is 5.57. The number of methoxy groups -OCH3 is 1. The van der Waals surface area contributed by atoms with Crippen molar-refractivity contribution >= 4 is 40.0 Å². The highest BCUT2D eigenvalue weighted by Gasteiger charge is 2.45. The Hall–Kier alpha value is -0.860. The average Bonchev–Trinajstić information content (AvgIpc) is 3.09. The third-order valence-corrected chi connectivity index (χ3v) is 6.95. The first-order chi connectivity index (χ1) is 10.8. The van der Waals surface area contributed by atoms with E-state index in [-0.39, 0.29) is 39.8 Å². The van der Waals surface area contributed by atoms with Crippen molar-refractivity contribution in [1.29, 1.82) is 0 Å². The molecule has 2 N–H and O–H groups in total. The van der Waals surface area contributed by atoms with Crippen molar-refractivity contribution in [3.63, 3.8) is 0 Å². The number of ether oxygens (including phenoxy) is 1. The van der Waals surface area contributed by atoms with Crippen LogP contribution < -0.4 is 5.73 Å². The Bertz CT molecular complexity index is 741. The minimum Gasteiger partial charge on any atom is -0.465 e. The fraction of sp³-hybridized carbons (Fsp3) is 0.533. The molecule has 1 aliphatic heterocycles. The molecule has 134 valence electrons. The van der Waals surface area contributed by atoms with Gasteiger partial charge in [0.05, 0.1) is 17.6 Å². The van der Waals surface area contributed by atoms with Crippen LogP contribution in [-0.2, 0) is 14.8 Å². The second-order valence-corrected chi connectivity index (χ2v) is 8.46. The maximum atomic E-state index is 13.0. The van der Waals surface area contributed by atoms with E-state index >= 15 is 0 Å². The van der Waals surface area contributed by atoms with E-state index in [4.69, 9.17) is 17.3 Å². The van der Waals surface area contributed by atoms with Crippen molar-refractivity contribution in [2.75, 3.05) is 20.2 Å². The highest BCUT2D eigenvalue weighted by atomic mass is 35.5. The molecule has 0 radical (unpaired) electrons. The van der Waals surface area contributed by atoms with Gasteiger partial charge in [-0.1, -0.05) is 11.6 Å². The Balaban J connectivity index is 0.00000208. The van der Waals surface area contributed by atoms with E-state index in [9.17, 15) is 13.2 Å². The quantitative estimate of drug-likeness (QED) is 0.790. The van der Waals surface area contributed by atoms with E-state index in [0.29, 0.717) is 19.0 Å². The molecule has 3 rings (SSSR count). The number of fused-ring (bicyclic) bond motifs is 1. The summed E-state index contributed by atoms with van der Waals surface area (Å²) >= 11 is 5.94. The van der Waals surface area contributed by atoms with Gasteiger partial charge in [-0.15, -0.1) is 12.4 Å². The first kappa shape index (κ1) is 19.5. The molecule has 3 unspecified atom stereocenters. The van der Waals surface area contributed by atoms with Crippen LogP contribution in [-0.4, -0.2) is 44.9 Å². The molecule has 1 heterocycles. The van der Waals surface area contributed by atoms with E-state index in [1.54, 1.807) is 0 Å². The maximum absolute atomic E-state index is 13.0. The van der Waals surface area contributed by atoms with Crippen LogP contribution in [0.25, 0.3) is 0 Å². The monoisotopic (exact) mass is 394 g/mol. The summed E-state index contributed by atoms with van der Waals surface area (Å²) in [6, 6.07) is 4.20.